The van der Waals surface area contributed by atoms with Crippen molar-refractivity contribution in [2.24, 2.45) is 5.92 Å². The predicted octanol–water partition coefficient (Wildman–Crippen LogP) is 2.07. The summed E-state index contributed by atoms with van der Waals surface area (Å²) in [7, 11) is 0. The van der Waals surface area contributed by atoms with Crippen LogP contribution in [-0.2, 0) is 4.79 Å². The lowest BCUT2D eigenvalue weighted by atomic mass is 10.0. The van der Waals surface area contributed by atoms with Crippen molar-refractivity contribution >= 4 is 21.8 Å². The third-order valence-electron chi connectivity index (χ3n) is 2.39. The van der Waals surface area contributed by atoms with Crippen molar-refractivity contribution in [3.8, 4) is 0 Å². The molecule has 0 saturated heterocycles. The van der Waals surface area contributed by atoms with Crippen molar-refractivity contribution in [1.29, 1.82) is 0 Å². The highest BCUT2D eigenvalue weighted by molar-refractivity contribution is 9.09. The van der Waals surface area contributed by atoms with Crippen LogP contribution in [0.5, 0.6) is 0 Å². The first-order chi connectivity index (χ1) is 5.43. The number of carbonyl (C=O) groups is 1. The molecule has 0 heterocycles. The average Bonchev–Trinajstić information content (AvgIpc) is 2.65. The van der Waals surface area contributed by atoms with E-state index in [9.17, 15) is 4.79 Å². The highest BCUT2D eigenvalue weighted by Gasteiger charge is 2.34. The molecule has 0 aromatic carbocycles. The van der Waals surface area contributed by atoms with Crippen LogP contribution in [0.1, 0.15) is 33.6 Å². The average molecular weight is 234 g/mol. The minimum absolute atomic E-state index is 0.139. The Hall–Kier alpha value is -0.0500. The molecule has 1 saturated carbocycles. The van der Waals surface area contributed by atoms with Crippen LogP contribution in [0.3, 0.4) is 0 Å². The minimum Gasteiger partial charge on any atom is -0.350 e. The molecule has 70 valence electrons. The molecule has 12 heavy (non-hydrogen) atoms. The second-order valence-electron chi connectivity index (χ2n) is 4.10. The van der Waals surface area contributed by atoms with Gasteiger partial charge in [-0.1, -0.05) is 22.9 Å². The summed E-state index contributed by atoms with van der Waals surface area (Å²) in [5, 5.41) is 3.03. The summed E-state index contributed by atoms with van der Waals surface area (Å²) in [4.78, 5) is 11.7. The van der Waals surface area contributed by atoms with Gasteiger partial charge in [0.1, 0.15) is 0 Å². The van der Waals surface area contributed by atoms with Gasteiger partial charge in [0.2, 0.25) is 5.91 Å². The van der Waals surface area contributed by atoms with Gasteiger partial charge < -0.3 is 5.32 Å². The van der Waals surface area contributed by atoms with E-state index in [1.54, 1.807) is 0 Å². The van der Waals surface area contributed by atoms with Crippen LogP contribution < -0.4 is 5.32 Å². The van der Waals surface area contributed by atoms with Gasteiger partial charge in [0.05, 0.1) is 0 Å². The Kier molecular flexibility index (Phi) is 2.81. The molecule has 1 amide bonds. The Morgan fingerprint density at radius 3 is 2.42 bits per heavy atom. The summed E-state index contributed by atoms with van der Waals surface area (Å²) in [5.41, 5.74) is -0.139. The first-order valence-corrected chi connectivity index (χ1v) is 5.31. The van der Waals surface area contributed by atoms with E-state index in [0.717, 1.165) is 12.8 Å². The number of hydrogen-bond acceptors (Lipinski definition) is 1. The number of alkyl halides is 1. The van der Waals surface area contributed by atoms with Crippen LogP contribution in [0.25, 0.3) is 0 Å². The van der Waals surface area contributed by atoms with Gasteiger partial charge in [0, 0.05) is 16.3 Å². The Morgan fingerprint density at radius 1 is 1.58 bits per heavy atom. The number of rotatable bonds is 3. The summed E-state index contributed by atoms with van der Waals surface area (Å²) in [6.07, 6.45) is 2.14. The van der Waals surface area contributed by atoms with Gasteiger partial charge in [-0.3, -0.25) is 4.79 Å². The van der Waals surface area contributed by atoms with Gasteiger partial charge in [-0.05, 0) is 26.7 Å². The molecule has 1 N–H and O–H groups in total. The summed E-state index contributed by atoms with van der Waals surface area (Å²) in [6, 6.07) is 0. The molecule has 0 aliphatic heterocycles. The lowest BCUT2D eigenvalue weighted by Gasteiger charge is -2.29. The fourth-order valence-corrected chi connectivity index (χ4v) is 0.979. The lowest BCUT2D eigenvalue weighted by Crippen LogP contribution is -2.49. The van der Waals surface area contributed by atoms with E-state index < -0.39 is 0 Å². The third kappa shape index (κ3) is 2.47. The van der Waals surface area contributed by atoms with Crippen LogP contribution in [0.2, 0.25) is 0 Å². The number of carbonyl (C=O) groups excluding carboxylic acids is 1. The van der Waals surface area contributed by atoms with E-state index >= 15 is 0 Å². The molecule has 0 spiro atoms. The van der Waals surface area contributed by atoms with Gasteiger partial charge >= 0.3 is 0 Å². The predicted molar refractivity (Wildman–Crippen MR) is 53.3 cm³/mol. The summed E-state index contributed by atoms with van der Waals surface area (Å²) in [5.74, 6) is 0.516. The maximum Gasteiger partial charge on any atom is 0.223 e. The van der Waals surface area contributed by atoms with Gasteiger partial charge in [-0.25, -0.2) is 0 Å². The van der Waals surface area contributed by atoms with E-state index in [1.165, 1.54) is 0 Å². The van der Waals surface area contributed by atoms with Gasteiger partial charge in [0.25, 0.3) is 0 Å². The molecule has 0 aromatic rings. The molecule has 1 aliphatic carbocycles. The molecule has 1 unspecified atom stereocenters. The fourth-order valence-electron chi connectivity index (χ4n) is 0.865. The SMILES string of the molecule is CC(Br)C(C)(C)NC(=O)C1CC1. The molecule has 3 heteroatoms. The first-order valence-electron chi connectivity index (χ1n) is 4.39. The van der Waals surface area contributed by atoms with Crippen molar-refractivity contribution in [2.75, 3.05) is 0 Å². The number of hydrogen-bond donors (Lipinski definition) is 1. The van der Waals surface area contributed by atoms with Crippen molar-refractivity contribution in [2.45, 2.75) is 44.0 Å². The molecular formula is C9H16BrNO. The molecule has 1 atom stereocenters. The van der Waals surface area contributed by atoms with E-state index in [0.29, 0.717) is 10.7 Å². The van der Waals surface area contributed by atoms with Crippen LogP contribution in [0.15, 0.2) is 0 Å². The van der Waals surface area contributed by atoms with Crippen LogP contribution in [0.4, 0.5) is 0 Å². The van der Waals surface area contributed by atoms with Crippen molar-refractivity contribution < 1.29 is 4.79 Å². The zero-order valence-electron chi connectivity index (χ0n) is 7.86. The maximum absolute atomic E-state index is 11.4. The molecule has 2 nitrogen and oxygen atoms in total. The van der Waals surface area contributed by atoms with Crippen molar-refractivity contribution in [3.63, 3.8) is 0 Å². The quantitative estimate of drug-likeness (QED) is 0.744. The summed E-state index contributed by atoms with van der Waals surface area (Å²) in [6.45, 7) is 6.12. The number of nitrogens with one attached hydrogen (secondary N) is 1. The van der Waals surface area contributed by atoms with Crippen LogP contribution in [0, 0.1) is 5.92 Å². The normalized spacial score (nSPS) is 20.3. The maximum atomic E-state index is 11.4. The zero-order chi connectivity index (χ0) is 9.35. The number of halogens is 1. The second kappa shape index (κ2) is 3.36. The molecule has 1 aliphatic rings. The van der Waals surface area contributed by atoms with Crippen LogP contribution in [-0.4, -0.2) is 16.3 Å². The molecule has 1 fully saturated rings. The Balaban J connectivity index is 2.42. The monoisotopic (exact) mass is 233 g/mol. The van der Waals surface area contributed by atoms with Gasteiger partial charge in [0.15, 0.2) is 0 Å². The van der Waals surface area contributed by atoms with E-state index in [4.69, 9.17) is 0 Å². The minimum atomic E-state index is -0.139. The molecule has 1 rings (SSSR count). The van der Waals surface area contributed by atoms with Crippen molar-refractivity contribution in [1.82, 2.24) is 5.32 Å². The number of amides is 1. The lowest BCUT2D eigenvalue weighted by molar-refractivity contribution is -0.123. The highest BCUT2D eigenvalue weighted by atomic mass is 79.9. The Bertz CT molecular complexity index is 185. The second-order valence-corrected chi connectivity index (χ2v) is 5.47. The largest absolute Gasteiger partial charge is 0.350 e. The molecular weight excluding hydrogens is 218 g/mol. The smallest absolute Gasteiger partial charge is 0.223 e. The van der Waals surface area contributed by atoms with Gasteiger partial charge in [-0.15, -0.1) is 0 Å². The summed E-state index contributed by atoms with van der Waals surface area (Å²) >= 11 is 3.48. The molecule has 0 aromatic heterocycles. The Morgan fingerprint density at radius 2 is 2.08 bits per heavy atom. The highest BCUT2D eigenvalue weighted by Crippen LogP contribution is 2.30. The zero-order valence-corrected chi connectivity index (χ0v) is 9.44. The van der Waals surface area contributed by atoms with E-state index in [1.807, 2.05) is 20.8 Å². The van der Waals surface area contributed by atoms with E-state index in [-0.39, 0.29) is 11.4 Å². The Labute approximate surface area is 82.2 Å². The topological polar surface area (TPSA) is 29.1 Å². The van der Waals surface area contributed by atoms with Crippen molar-refractivity contribution in [3.05, 3.63) is 0 Å². The van der Waals surface area contributed by atoms with Crippen LogP contribution >= 0.6 is 15.9 Å². The molecule has 0 radical (unpaired) electrons. The third-order valence-corrected chi connectivity index (χ3v) is 3.53. The standard InChI is InChI=1S/C9H16BrNO/c1-6(10)9(2,3)11-8(12)7-4-5-7/h6-7H,4-5H2,1-3H3,(H,11,12). The summed E-state index contributed by atoms with van der Waals surface area (Å²) < 4.78 is 0. The van der Waals surface area contributed by atoms with Gasteiger partial charge in [-0.2, -0.15) is 0 Å². The molecule has 0 bridgehead atoms. The van der Waals surface area contributed by atoms with E-state index in [2.05, 4.69) is 21.2 Å². The first kappa shape index (κ1) is 10.0. The fraction of sp³-hybridized carbons (Fsp3) is 0.889.